The molecule has 0 unspecified atom stereocenters. The molecule has 3 rings (SSSR count). The number of fused-ring (bicyclic) bond motifs is 1. The fourth-order valence-electron chi connectivity index (χ4n) is 3.72. The number of quaternary nitrogens is 1. The van der Waals surface area contributed by atoms with Gasteiger partial charge in [-0.1, -0.05) is 29.3 Å². The molecule has 0 aliphatic carbocycles. The fraction of sp³-hybridized carbons (Fsp3) is 0.500. The van der Waals surface area contributed by atoms with Gasteiger partial charge in [0.05, 0.1) is 56.4 Å². The van der Waals surface area contributed by atoms with Crippen LogP contribution >= 0.6 is 35.0 Å². The highest BCUT2D eigenvalue weighted by Crippen LogP contribution is 2.29. The van der Waals surface area contributed by atoms with E-state index in [4.69, 9.17) is 60.5 Å². The smallest absolute Gasteiger partial charge is 0.282 e. The van der Waals surface area contributed by atoms with Gasteiger partial charge in [0.15, 0.2) is 11.0 Å². The second-order valence-corrected chi connectivity index (χ2v) is 12.7. The van der Waals surface area contributed by atoms with Gasteiger partial charge < -0.3 is 9.38 Å². The van der Waals surface area contributed by atoms with Gasteiger partial charge in [-0.15, -0.1) is 32.2 Å². The summed E-state index contributed by atoms with van der Waals surface area (Å²) in [5.74, 6) is 2.33. The molecule has 0 bridgehead atoms. The van der Waals surface area contributed by atoms with Crippen molar-refractivity contribution in [2.24, 2.45) is 7.05 Å². The van der Waals surface area contributed by atoms with Crippen molar-refractivity contribution in [1.29, 1.82) is 0 Å². The second-order valence-electron chi connectivity index (χ2n) is 9.24. The van der Waals surface area contributed by atoms with Crippen molar-refractivity contribution in [3.05, 3.63) is 45.2 Å². The maximum atomic E-state index is 8.49. The number of imidazole rings is 1. The van der Waals surface area contributed by atoms with Crippen molar-refractivity contribution in [2.45, 2.75) is 19.9 Å². The van der Waals surface area contributed by atoms with E-state index in [1.165, 1.54) is 10.8 Å². The van der Waals surface area contributed by atoms with Gasteiger partial charge in [-0.05, 0) is 13.0 Å². The van der Waals surface area contributed by atoms with Crippen LogP contribution < -0.4 is 41.8 Å². The molecule has 0 amide bonds. The molecule has 2 heterocycles. The number of aryl methyl sites for hydroxylation is 2. The van der Waals surface area contributed by atoms with Crippen LogP contribution in [-0.2, 0) is 13.6 Å². The molecule has 12 nitrogen and oxygen atoms in total. The maximum Gasteiger partial charge on any atom is 0.282 e. The molecule has 1 fully saturated rings. The third-order valence-corrected chi connectivity index (χ3v) is 7.09. The lowest BCUT2D eigenvalue weighted by Gasteiger charge is -2.23. The number of allylic oxidation sites excluding steroid dienone is 2. The van der Waals surface area contributed by atoms with Gasteiger partial charge in [-0.3, -0.25) is 0 Å². The van der Waals surface area contributed by atoms with Crippen LogP contribution in [0.2, 0.25) is 10.0 Å². The van der Waals surface area contributed by atoms with E-state index in [9.17, 15) is 0 Å². The molecule has 0 atom stereocenters. The molecule has 0 spiro atoms. The highest BCUT2D eigenvalue weighted by Gasteiger charge is 2.23. The Kier molecular flexibility index (Phi) is 14.3. The Morgan fingerprint density at radius 1 is 1.00 bits per heavy atom. The Hall–Kier alpha value is -0.880. The number of thioether (sulfide) groups is 1. The summed E-state index contributed by atoms with van der Waals surface area (Å²) in [4.78, 5) is 2.42. The molecule has 0 radical (unpaired) electrons. The topological polar surface area (TPSA) is 197 Å². The molecular formula is C22H32Cl4N4O8S. The van der Waals surface area contributed by atoms with E-state index in [0.717, 1.165) is 53.9 Å². The summed E-state index contributed by atoms with van der Waals surface area (Å²) in [6.45, 7) is 6.46. The SMILES string of the molecule is CCN1CCSC1=CC=Cc1n(C)c2cc(Cl)c(Cl)cc2[n+]1CCC[N+](C)(C)C.[O-][Cl+3]([O-])([O-])[O-].[O-][Cl+3]([O-])([O-])[O-]. The predicted molar refractivity (Wildman–Crippen MR) is 127 cm³/mol. The van der Waals surface area contributed by atoms with E-state index in [-0.39, 0.29) is 0 Å². The van der Waals surface area contributed by atoms with Gasteiger partial charge in [0.1, 0.15) is 0 Å². The molecule has 222 valence electrons. The highest BCUT2D eigenvalue weighted by molar-refractivity contribution is 8.03. The number of nitrogens with zero attached hydrogens (tertiary/aromatic N) is 4. The van der Waals surface area contributed by atoms with Crippen LogP contribution in [0.25, 0.3) is 17.1 Å². The minimum absolute atomic E-state index is 0.594. The molecule has 17 heteroatoms. The van der Waals surface area contributed by atoms with Gasteiger partial charge >= 0.3 is 0 Å². The lowest BCUT2D eigenvalue weighted by atomic mass is 10.3. The Morgan fingerprint density at radius 3 is 2.05 bits per heavy atom. The van der Waals surface area contributed by atoms with Crippen molar-refractivity contribution >= 4 is 52.1 Å². The summed E-state index contributed by atoms with van der Waals surface area (Å²) in [6, 6.07) is 3.96. The van der Waals surface area contributed by atoms with Crippen molar-refractivity contribution in [3.8, 4) is 0 Å². The summed E-state index contributed by atoms with van der Waals surface area (Å²) in [7, 11) is -1.10. The van der Waals surface area contributed by atoms with Gasteiger partial charge in [-0.2, -0.15) is 0 Å². The third kappa shape index (κ3) is 14.5. The van der Waals surface area contributed by atoms with E-state index in [1.807, 2.05) is 23.9 Å². The molecule has 1 aliphatic rings. The third-order valence-electron chi connectivity index (χ3n) is 5.29. The zero-order chi connectivity index (χ0) is 30.2. The Labute approximate surface area is 246 Å². The molecule has 1 aromatic heterocycles. The lowest BCUT2D eigenvalue weighted by molar-refractivity contribution is -2.00. The Bertz CT molecular complexity index is 1120. The van der Waals surface area contributed by atoms with Crippen molar-refractivity contribution in [3.63, 3.8) is 0 Å². The first-order chi connectivity index (χ1) is 17.7. The van der Waals surface area contributed by atoms with Gasteiger partial charge in [0.25, 0.3) is 5.82 Å². The quantitative estimate of drug-likeness (QED) is 0.207. The summed E-state index contributed by atoms with van der Waals surface area (Å²) >= 11 is 14.6. The van der Waals surface area contributed by atoms with Crippen LogP contribution in [-0.4, -0.2) is 60.5 Å². The first-order valence-electron chi connectivity index (χ1n) is 11.4. The average molecular weight is 654 g/mol. The minimum atomic E-state index is -4.94. The largest absolute Gasteiger partial charge is 0.366 e. The first kappa shape index (κ1) is 36.1. The second kappa shape index (κ2) is 15.4. The molecule has 39 heavy (non-hydrogen) atoms. The van der Waals surface area contributed by atoms with Crippen LogP contribution in [0.15, 0.2) is 29.3 Å². The monoisotopic (exact) mass is 652 g/mol. The summed E-state index contributed by atoms with van der Waals surface area (Å²) < 4.78 is 73.5. The van der Waals surface area contributed by atoms with Gasteiger partial charge in [-0.25, -0.2) is 46.4 Å². The number of rotatable bonds is 7. The number of halogens is 4. The Morgan fingerprint density at radius 2 is 1.54 bits per heavy atom. The van der Waals surface area contributed by atoms with E-state index in [1.54, 1.807) is 0 Å². The van der Waals surface area contributed by atoms with E-state index in [0.29, 0.717) is 10.0 Å². The van der Waals surface area contributed by atoms with Crippen LogP contribution in [0.4, 0.5) is 0 Å². The predicted octanol–water partition coefficient (Wildman–Crippen LogP) is -4.72. The summed E-state index contributed by atoms with van der Waals surface area (Å²) in [5, 5.41) is 2.55. The van der Waals surface area contributed by atoms with Crippen molar-refractivity contribution in [2.75, 3.05) is 46.5 Å². The van der Waals surface area contributed by atoms with Gasteiger partial charge in [0, 0.05) is 43.5 Å². The van der Waals surface area contributed by atoms with Crippen LogP contribution in [0.1, 0.15) is 19.2 Å². The fourth-order valence-corrected chi connectivity index (χ4v) is 5.14. The molecule has 1 aromatic carbocycles. The van der Waals surface area contributed by atoms with Crippen LogP contribution in [0.5, 0.6) is 0 Å². The standard InChI is InChI=1S/C22H32Cl2N4S.2ClHO4/c1-6-26-12-14-29-22(26)10-7-9-21-25(2)19-15-17(23)18(24)16-20(19)27(21)11-8-13-28(3,4)5;2*2-1(3,4)5/h7,9-10,15-16H,6,8,11-14H2,1-5H3;2*(H,2,3,4,5)/q+2;;/p-2. The Balaban J connectivity index is 0.000000650. The van der Waals surface area contributed by atoms with Crippen molar-refractivity contribution in [1.82, 2.24) is 9.47 Å². The van der Waals surface area contributed by atoms with Gasteiger partial charge in [0.2, 0.25) is 0 Å². The molecular weight excluding hydrogens is 622 g/mol. The van der Waals surface area contributed by atoms with E-state index >= 15 is 0 Å². The van der Waals surface area contributed by atoms with Crippen LogP contribution in [0, 0.1) is 20.5 Å². The zero-order valence-electron chi connectivity index (χ0n) is 22.1. The van der Waals surface area contributed by atoms with E-state index < -0.39 is 20.5 Å². The lowest BCUT2D eigenvalue weighted by Crippen LogP contribution is -2.68. The number of hydrogen-bond donors (Lipinski definition) is 0. The number of aromatic nitrogens is 2. The zero-order valence-corrected chi connectivity index (χ0v) is 25.9. The molecule has 0 N–H and O–H groups in total. The first-order valence-corrected chi connectivity index (χ1v) is 15.6. The highest BCUT2D eigenvalue weighted by atomic mass is 35.7. The molecule has 1 saturated heterocycles. The molecule has 0 saturated carbocycles. The number of hydrogen-bond acceptors (Lipinski definition) is 10. The average Bonchev–Trinajstić information content (AvgIpc) is 3.29. The van der Waals surface area contributed by atoms with E-state index in [2.05, 4.69) is 67.4 Å². The van der Waals surface area contributed by atoms with Crippen molar-refractivity contribution < 1.29 is 66.8 Å². The maximum absolute atomic E-state index is 8.49. The minimum Gasteiger partial charge on any atom is -0.366 e. The summed E-state index contributed by atoms with van der Waals surface area (Å²) in [6.07, 6.45) is 7.70. The normalized spacial score (nSPS) is 15.6. The summed E-state index contributed by atoms with van der Waals surface area (Å²) in [5.41, 5.74) is 2.23. The molecule has 2 aromatic rings. The molecule has 1 aliphatic heterocycles. The number of benzene rings is 1. The van der Waals surface area contributed by atoms with Crippen LogP contribution in [0.3, 0.4) is 0 Å².